The normalized spacial score (nSPS) is 24.6. The average Bonchev–Trinajstić information content (AvgIpc) is 3.36. The van der Waals surface area contributed by atoms with Crippen molar-refractivity contribution in [1.29, 1.82) is 0 Å². The van der Waals surface area contributed by atoms with E-state index in [0.29, 0.717) is 5.92 Å². The van der Waals surface area contributed by atoms with Crippen LogP contribution in [-0.4, -0.2) is 55.8 Å². The topological polar surface area (TPSA) is 62.1 Å². The van der Waals surface area contributed by atoms with Crippen molar-refractivity contribution >= 4 is 19.5 Å². The first kappa shape index (κ1) is 32.2. The third-order valence-electron chi connectivity index (χ3n) is 6.83. The summed E-state index contributed by atoms with van der Waals surface area (Å²) in [5, 5.41) is 11.4. The Kier molecular flexibility index (Phi) is 18.4. The number of nitrogens with zero attached hydrogens (tertiary/aromatic N) is 2. The molecule has 1 saturated carbocycles. The second-order valence-electron chi connectivity index (χ2n) is 8.81. The molecule has 0 aromatic carbocycles. The predicted octanol–water partition coefficient (Wildman–Crippen LogP) is 6.11. The lowest BCUT2D eigenvalue weighted by molar-refractivity contribution is -0.130. The number of amides is 1. The predicted molar refractivity (Wildman–Crippen MR) is 146 cm³/mol. The van der Waals surface area contributed by atoms with Crippen LogP contribution in [0.3, 0.4) is 0 Å². The van der Waals surface area contributed by atoms with Gasteiger partial charge < -0.3 is 14.8 Å². The fraction of sp³-hybridized carbons (Fsp3) is 0.714. The van der Waals surface area contributed by atoms with E-state index in [1.54, 1.807) is 12.2 Å². The third-order valence-corrected chi connectivity index (χ3v) is 6.83. The number of hydrogen-bond acceptors (Lipinski definition) is 4. The molecule has 0 aromatic rings. The molecule has 2 radical (unpaired) electrons. The Labute approximate surface area is 210 Å². The summed E-state index contributed by atoms with van der Waals surface area (Å²) in [6.07, 6.45) is 14.4. The molecule has 1 N–H and O–H groups in total. The lowest BCUT2D eigenvalue weighted by atomic mass is 9.75. The molecule has 1 atom stereocenters. The minimum Gasteiger partial charge on any atom is -0.400 e. The van der Waals surface area contributed by atoms with Gasteiger partial charge >= 0.3 is 0 Å². The molecule has 2 aliphatic heterocycles. The Hall–Kier alpha value is -1.82. The van der Waals surface area contributed by atoms with Crippen molar-refractivity contribution in [2.24, 2.45) is 22.9 Å². The molecule has 0 bridgehead atoms. The third kappa shape index (κ3) is 10.6. The van der Waals surface area contributed by atoms with Crippen LogP contribution >= 0.6 is 0 Å². The van der Waals surface area contributed by atoms with Crippen molar-refractivity contribution in [3.05, 3.63) is 37.5 Å². The lowest BCUT2D eigenvalue weighted by Gasteiger charge is -2.37. The van der Waals surface area contributed by atoms with Crippen molar-refractivity contribution in [3.63, 3.8) is 0 Å². The summed E-state index contributed by atoms with van der Waals surface area (Å²) >= 11 is 0. The molecule has 2 fully saturated rings. The van der Waals surface area contributed by atoms with E-state index in [1.165, 1.54) is 44.2 Å². The SMILES string of the molecule is C=CC.CC.CO.[B]CC(=O)N1CCC(C2CCCC(C3=NOC(C(=C)C=C)C3)CCC2)CC1. The van der Waals surface area contributed by atoms with E-state index in [1.807, 2.05) is 25.7 Å². The number of oxime groups is 1. The van der Waals surface area contributed by atoms with Crippen LogP contribution in [0.15, 0.2) is 42.6 Å². The first-order valence-electron chi connectivity index (χ1n) is 13.1. The van der Waals surface area contributed by atoms with Crippen LogP contribution in [0.1, 0.15) is 78.6 Å². The number of likely N-dealkylation sites (tertiary alicyclic amines) is 1. The molecule has 2 heterocycles. The second kappa shape index (κ2) is 19.5. The van der Waals surface area contributed by atoms with E-state index in [2.05, 4.69) is 24.9 Å². The van der Waals surface area contributed by atoms with Gasteiger partial charge in [-0.1, -0.05) is 70.0 Å². The van der Waals surface area contributed by atoms with Crippen LogP contribution in [0.4, 0.5) is 0 Å². The molecular formula is C28H49BN2O3. The largest absolute Gasteiger partial charge is 0.400 e. The molecule has 0 spiro atoms. The number of hydrogen-bond donors (Lipinski definition) is 1. The Morgan fingerprint density at radius 3 is 2.06 bits per heavy atom. The van der Waals surface area contributed by atoms with E-state index in [4.69, 9.17) is 17.8 Å². The standard InChI is InChI=1S/C22H33BN2O2.C3H6.C2H6.CH4O/c1-3-16(2)21-14-20(24-27-21)19-8-4-6-17(7-5-9-19)18-10-12-25(13-11-18)22(26)15-23;1-3-2;2*1-2/h3,17-19,21H,1-2,4-15H2;3H,1H2,2H3;1-2H3;2H,1H3. The van der Waals surface area contributed by atoms with Gasteiger partial charge in [0, 0.05) is 32.5 Å². The molecule has 1 amide bonds. The molecule has 192 valence electrons. The quantitative estimate of drug-likeness (QED) is 0.298. The fourth-order valence-corrected chi connectivity index (χ4v) is 5.06. The van der Waals surface area contributed by atoms with Gasteiger partial charge in [0.1, 0.15) is 0 Å². The zero-order valence-corrected chi connectivity index (χ0v) is 22.3. The van der Waals surface area contributed by atoms with Gasteiger partial charge in [-0.2, -0.15) is 0 Å². The first-order chi connectivity index (χ1) is 16.5. The lowest BCUT2D eigenvalue weighted by Crippen LogP contribution is -2.40. The van der Waals surface area contributed by atoms with Gasteiger partial charge in [-0.25, -0.2) is 0 Å². The highest BCUT2D eigenvalue weighted by molar-refractivity contribution is 6.19. The number of aliphatic hydroxyl groups excluding tert-OH is 1. The van der Waals surface area contributed by atoms with Gasteiger partial charge in [-0.3, -0.25) is 4.79 Å². The maximum absolute atomic E-state index is 11.8. The molecule has 0 aromatic heterocycles. The van der Waals surface area contributed by atoms with Crippen LogP contribution in [0, 0.1) is 17.8 Å². The zero-order valence-electron chi connectivity index (χ0n) is 22.3. The van der Waals surface area contributed by atoms with Crippen molar-refractivity contribution in [1.82, 2.24) is 4.90 Å². The molecule has 34 heavy (non-hydrogen) atoms. The van der Waals surface area contributed by atoms with Crippen LogP contribution < -0.4 is 0 Å². The highest BCUT2D eigenvalue weighted by Gasteiger charge is 2.32. The average molecular weight is 473 g/mol. The van der Waals surface area contributed by atoms with E-state index in [9.17, 15) is 4.79 Å². The Morgan fingerprint density at radius 1 is 1.09 bits per heavy atom. The summed E-state index contributed by atoms with van der Waals surface area (Å²) < 4.78 is 0. The minimum absolute atomic E-state index is 0.00268. The number of carbonyl (C=O) groups is 1. The highest BCUT2D eigenvalue weighted by Crippen LogP contribution is 2.37. The van der Waals surface area contributed by atoms with Gasteiger partial charge in [0.25, 0.3) is 0 Å². The minimum atomic E-state index is -0.00268. The maximum atomic E-state index is 11.8. The maximum Gasteiger partial charge on any atom is 0.213 e. The van der Waals surface area contributed by atoms with Crippen LogP contribution in [0.2, 0.25) is 6.32 Å². The number of allylic oxidation sites excluding steroid dienone is 1. The van der Waals surface area contributed by atoms with Crippen molar-refractivity contribution in [2.45, 2.75) is 91.0 Å². The number of carbonyl (C=O) groups excluding carboxylic acids is 1. The Bertz CT molecular complexity index is 617. The summed E-state index contributed by atoms with van der Waals surface area (Å²) in [6, 6.07) is 0. The van der Waals surface area contributed by atoms with Crippen molar-refractivity contribution in [2.75, 3.05) is 20.2 Å². The summed E-state index contributed by atoms with van der Waals surface area (Å²) in [5.41, 5.74) is 2.16. The zero-order chi connectivity index (χ0) is 25.9. The monoisotopic (exact) mass is 472 g/mol. The van der Waals surface area contributed by atoms with Crippen LogP contribution in [0.25, 0.3) is 0 Å². The summed E-state index contributed by atoms with van der Waals surface area (Å²) in [6.45, 7) is 18.8. The number of aliphatic hydroxyl groups is 1. The molecule has 1 unspecified atom stereocenters. The van der Waals surface area contributed by atoms with Gasteiger partial charge in [0.05, 0.1) is 13.6 Å². The number of rotatable bonds is 5. The van der Waals surface area contributed by atoms with Crippen molar-refractivity contribution in [3.8, 4) is 0 Å². The smallest absolute Gasteiger partial charge is 0.213 e. The first-order valence-corrected chi connectivity index (χ1v) is 13.1. The van der Waals surface area contributed by atoms with Gasteiger partial charge in [-0.05, 0) is 56.3 Å². The summed E-state index contributed by atoms with van der Waals surface area (Å²) in [5.74, 6) is 2.26. The van der Waals surface area contributed by atoms with E-state index in [0.717, 1.165) is 56.9 Å². The fourth-order valence-electron chi connectivity index (χ4n) is 5.06. The molecule has 1 aliphatic carbocycles. The van der Waals surface area contributed by atoms with Gasteiger partial charge in [0.15, 0.2) is 6.10 Å². The van der Waals surface area contributed by atoms with E-state index < -0.39 is 0 Å². The summed E-state index contributed by atoms with van der Waals surface area (Å²) in [7, 11) is 6.50. The molecule has 5 nitrogen and oxygen atoms in total. The van der Waals surface area contributed by atoms with Gasteiger partial charge in [0.2, 0.25) is 5.91 Å². The van der Waals surface area contributed by atoms with Crippen LogP contribution in [-0.2, 0) is 9.63 Å². The van der Waals surface area contributed by atoms with Gasteiger partial charge in [-0.15, -0.1) is 6.58 Å². The second-order valence-corrected chi connectivity index (χ2v) is 8.81. The highest BCUT2D eigenvalue weighted by atomic mass is 16.6. The van der Waals surface area contributed by atoms with E-state index >= 15 is 0 Å². The molecule has 3 aliphatic rings. The molecule has 6 heteroatoms. The summed E-state index contributed by atoms with van der Waals surface area (Å²) in [4.78, 5) is 19.3. The Balaban J connectivity index is 0.00000141. The van der Waals surface area contributed by atoms with Crippen molar-refractivity contribution < 1.29 is 14.7 Å². The van der Waals surface area contributed by atoms with Crippen LogP contribution in [0.5, 0.6) is 0 Å². The molecule has 1 saturated heterocycles. The Morgan fingerprint density at radius 2 is 1.59 bits per heavy atom. The molecular weight excluding hydrogens is 423 g/mol. The number of piperidine rings is 1. The van der Waals surface area contributed by atoms with E-state index in [-0.39, 0.29) is 18.3 Å². The molecule has 3 rings (SSSR count).